The largest absolute Gasteiger partial charge is 0.358 e. The first-order chi connectivity index (χ1) is 15.1. The zero-order chi connectivity index (χ0) is 21.6. The molecule has 2 N–H and O–H groups in total. The number of hydrogen-bond acceptors (Lipinski definition) is 5. The van der Waals surface area contributed by atoms with Crippen LogP contribution in [0.3, 0.4) is 0 Å². The monoisotopic (exact) mass is 438 g/mol. The summed E-state index contributed by atoms with van der Waals surface area (Å²) in [5.74, 6) is 4.06. The number of thiocarbonyl (C=S) groups is 1. The molecule has 2 aromatic rings. The van der Waals surface area contributed by atoms with Gasteiger partial charge in [0, 0.05) is 38.8 Å². The molecule has 31 heavy (non-hydrogen) atoms. The van der Waals surface area contributed by atoms with E-state index in [-0.39, 0.29) is 0 Å². The van der Waals surface area contributed by atoms with Crippen LogP contribution in [-0.4, -0.2) is 41.3 Å². The molecule has 0 saturated carbocycles. The lowest BCUT2D eigenvalue weighted by molar-refractivity contribution is 0.435. The van der Waals surface area contributed by atoms with Gasteiger partial charge in [-0.05, 0) is 55.3 Å². The van der Waals surface area contributed by atoms with Crippen LogP contribution < -0.4 is 20.4 Å². The summed E-state index contributed by atoms with van der Waals surface area (Å²) in [7, 11) is 0. The van der Waals surface area contributed by atoms with E-state index in [9.17, 15) is 0 Å². The van der Waals surface area contributed by atoms with E-state index < -0.39 is 0 Å². The lowest BCUT2D eigenvalue weighted by Gasteiger charge is -2.34. The Morgan fingerprint density at radius 3 is 2.39 bits per heavy atom. The fourth-order valence-corrected chi connectivity index (χ4v) is 4.52. The van der Waals surface area contributed by atoms with Crippen LogP contribution in [0.1, 0.15) is 45.1 Å². The average molecular weight is 439 g/mol. The van der Waals surface area contributed by atoms with Crippen molar-refractivity contribution < 1.29 is 0 Å². The van der Waals surface area contributed by atoms with Crippen molar-refractivity contribution in [2.75, 3.05) is 41.3 Å². The van der Waals surface area contributed by atoms with Gasteiger partial charge in [0.2, 0.25) is 5.95 Å². The highest BCUT2D eigenvalue weighted by Crippen LogP contribution is 2.28. The van der Waals surface area contributed by atoms with Gasteiger partial charge in [0.15, 0.2) is 5.11 Å². The second kappa shape index (κ2) is 10.3. The van der Waals surface area contributed by atoms with Crippen molar-refractivity contribution >= 4 is 34.9 Å². The summed E-state index contributed by atoms with van der Waals surface area (Å²) in [6, 6.07) is 12.4. The van der Waals surface area contributed by atoms with Crippen LogP contribution >= 0.6 is 12.2 Å². The molecule has 1 aromatic carbocycles. The lowest BCUT2D eigenvalue weighted by Crippen LogP contribution is -2.37. The van der Waals surface area contributed by atoms with E-state index in [1.165, 1.54) is 31.2 Å². The number of benzene rings is 1. The van der Waals surface area contributed by atoms with Gasteiger partial charge in [0.1, 0.15) is 11.6 Å². The van der Waals surface area contributed by atoms with Gasteiger partial charge in [-0.1, -0.05) is 44.2 Å². The first-order valence-corrected chi connectivity index (χ1v) is 12.0. The quantitative estimate of drug-likeness (QED) is 0.670. The maximum absolute atomic E-state index is 5.54. The molecule has 6 nitrogen and oxygen atoms in total. The van der Waals surface area contributed by atoms with Crippen LogP contribution in [-0.2, 0) is 6.54 Å². The number of nitrogens with one attached hydrogen (secondary N) is 2. The molecule has 0 bridgehead atoms. The molecule has 0 radical (unpaired) electrons. The van der Waals surface area contributed by atoms with E-state index in [0.29, 0.717) is 23.5 Å². The second-order valence-corrected chi connectivity index (χ2v) is 9.47. The standard InChI is InChI=1S/C24H34N6S/c1-18-10-13-29(14-11-18)21-15-22(30-12-6-7-19(2)17-30)27-23(26-21)28-24(31)25-16-20-8-4-3-5-9-20/h3-5,8-9,15,18-19H,6-7,10-14,16-17H2,1-2H3,(H2,25,26,27,28,31)/t19-/m1/s1. The van der Waals surface area contributed by atoms with Gasteiger partial charge in [-0.25, -0.2) is 0 Å². The zero-order valence-corrected chi connectivity index (χ0v) is 19.5. The highest BCUT2D eigenvalue weighted by atomic mass is 32.1. The van der Waals surface area contributed by atoms with Crippen LogP contribution in [0.4, 0.5) is 17.6 Å². The van der Waals surface area contributed by atoms with E-state index in [2.05, 4.69) is 52.5 Å². The molecule has 2 fully saturated rings. The van der Waals surface area contributed by atoms with Gasteiger partial charge in [0.25, 0.3) is 0 Å². The van der Waals surface area contributed by atoms with Crippen molar-refractivity contribution in [1.82, 2.24) is 15.3 Å². The molecule has 2 aliphatic rings. The van der Waals surface area contributed by atoms with Crippen LogP contribution in [0.15, 0.2) is 36.4 Å². The smallest absolute Gasteiger partial charge is 0.232 e. The Bertz CT molecular complexity index is 866. The molecular formula is C24H34N6S. The fourth-order valence-electron chi connectivity index (χ4n) is 4.36. The summed E-state index contributed by atoms with van der Waals surface area (Å²) >= 11 is 5.54. The van der Waals surface area contributed by atoms with E-state index in [0.717, 1.165) is 43.7 Å². The van der Waals surface area contributed by atoms with Crippen molar-refractivity contribution in [2.45, 2.75) is 46.1 Å². The molecule has 0 amide bonds. The Labute approximate surface area is 191 Å². The molecule has 0 unspecified atom stereocenters. The molecule has 1 aromatic heterocycles. The number of nitrogens with zero attached hydrogens (tertiary/aromatic N) is 4. The fraction of sp³-hybridized carbons (Fsp3) is 0.542. The zero-order valence-electron chi connectivity index (χ0n) is 18.7. The molecule has 2 aliphatic heterocycles. The Morgan fingerprint density at radius 2 is 1.68 bits per heavy atom. The molecule has 0 aliphatic carbocycles. The molecular weight excluding hydrogens is 404 g/mol. The topological polar surface area (TPSA) is 56.3 Å². The summed E-state index contributed by atoms with van der Waals surface area (Å²) in [6.45, 7) is 9.52. The van der Waals surface area contributed by atoms with E-state index in [1.54, 1.807) is 0 Å². The van der Waals surface area contributed by atoms with E-state index >= 15 is 0 Å². The van der Waals surface area contributed by atoms with Crippen molar-refractivity contribution in [3.8, 4) is 0 Å². The summed E-state index contributed by atoms with van der Waals surface area (Å²) in [5.41, 5.74) is 1.19. The predicted molar refractivity (Wildman–Crippen MR) is 133 cm³/mol. The van der Waals surface area contributed by atoms with Gasteiger partial charge < -0.3 is 20.4 Å². The number of hydrogen-bond donors (Lipinski definition) is 2. The Morgan fingerprint density at radius 1 is 0.968 bits per heavy atom. The minimum atomic E-state index is 0.547. The molecule has 7 heteroatoms. The molecule has 1 atom stereocenters. The van der Waals surface area contributed by atoms with Crippen molar-refractivity contribution in [2.24, 2.45) is 11.8 Å². The first-order valence-electron chi connectivity index (χ1n) is 11.5. The van der Waals surface area contributed by atoms with Crippen LogP contribution in [0.5, 0.6) is 0 Å². The maximum Gasteiger partial charge on any atom is 0.232 e. The minimum Gasteiger partial charge on any atom is -0.358 e. The van der Waals surface area contributed by atoms with Gasteiger partial charge >= 0.3 is 0 Å². The average Bonchev–Trinajstić information content (AvgIpc) is 2.79. The number of rotatable bonds is 5. The summed E-state index contributed by atoms with van der Waals surface area (Å²) < 4.78 is 0. The van der Waals surface area contributed by atoms with Gasteiger partial charge in [-0.15, -0.1) is 0 Å². The van der Waals surface area contributed by atoms with E-state index in [4.69, 9.17) is 22.2 Å². The third kappa shape index (κ3) is 6.06. The molecule has 0 spiro atoms. The number of piperidine rings is 2. The number of aromatic nitrogens is 2. The summed E-state index contributed by atoms with van der Waals surface area (Å²) in [4.78, 5) is 14.5. The van der Waals surface area contributed by atoms with Gasteiger partial charge in [-0.3, -0.25) is 0 Å². The van der Waals surface area contributed by atoms with Gasteiger partial charge in [0.05, 0.1) is 0 Å². The Balaban J connectivity index is 1.50. The van der Waals surface area contributed by atoms with Gasteiger partial charge in [-0.2, -0.15) is 9.97 Å². The van der Waals surface area contributed by atoms with Crippen LogP contribution in [0.2, 0.25) is 0 Å². The Kier molecular flexibility index (Phi) is 7.22. The van der Waals surface area contributed by atoms with Crippen molar-refractivity contribution in [3.63, 3.8) is 0 Å². The summed E-state index contributed by atoms with van der Waals surface area (Å²) in [6.07, 6.45) is 4.92. The highest BCUT2D eigenvalue weighted by Gasteiger charge is 2.22. The first kappa shape index (κ1) is 21.8. The molecule has 166 valence electrons. The third-order valence-electron chi connectivity index (χ3n) is 6.31. The number of anilines is 3. The van der Waals surface area contributed by atoms with Crippen LogP contribution in [0.25, 0.3) is 0 Å². The second-order valence-electron chi connectivity index (χ2n) is 9.06. The normalized spacial score (nSPS) is 19.9. The Hall–Kier alpha value is -2.41. The lowest BCUT2D eigenvalue weighted by atomic mass is 9.99. The predicted octanol–water partition coefficient (Wildman–Crippen LogP) is 4.44. The minimum absolute atomic E-state index is 0.547. The third-order valence-corrected chi connectivity index (χ3v) is 6.56. The SMILES string of the molecule is CC1CCN(c2cc(N3CCC[C@@H](C)C3)nc(NC(=S)NCc3ccccc3)n2)CC1. The molecule has 4 rings (SSSR count). The van der Waals surface area contributed by atoms with Crippen molar-refractivity contribution in [1.29, 1.82) is 0 Å². The van der Waals surface area contributed by atoms with Crippen molar-refractivity contribution in [3.05, 3.63) is 42.0 Å². The summed E-state index contributed by atoms with van der Waals surface area (Å²) in [5, 5.41) is 7.05. The maximum atomic E-state index is 5.54. The van der Waals surface area contributed by atoms with E-state index in [1.807, 2.05) is 18.2 Å². The highest BCUT2D eigenvalue weighted by molar-refractivity contribution is 7.80. The molecule has 3 heterocycles. The molecule has 2 saturated heterocycles. The van der Waals surface area contributed by atoms with Crippen LogP contribution in [0, 0.1) is 11.8 Å².